The van der Waals surface area contributed by atoms with Crippen LogP contribution < -0.4 is 10.9 Å². The Labute approximate surface area is 174 Å². The molecule has 0 amide bonds. The highest BCUT2D eigenvalue weighted by molar-refractivity contribution is 7.89. The number of aromatic nitrogens is 5. The number of nitrogen functional groups attached to an aromatic ring is 1. The zero-order chi connectivity index (χ0) is 21.4. The van der Waals surface area contributed by atoms with E-state index >= 15 is 0 Å². The topological polar surface area (TPSA) is 163 Å². The molecule has 10 nitrogen and oxygen atoms in total. The molecule has 0 radical (unpaired) electrons. The van der Waals surface area contributed by atoms with Gasteiger partial charge in [0.2, 0.25) is 10.0 Å². The molecule has 11 heteroatoms. The molecular formula is C19H23N7O3S. The fourth-order valence-electron chi connectivity index (χ4n) is 3.84. The molecule has 1 saturated carbocycles. The molecule has 0 unspecified atom stereocenters. The van der Waals surface area contributed by atoms with Gasteiger partial charge in [0.05, 0.1) is 22.4 Å². The Morgan fingerprint density at radius 3 is 2.67 bits per heavy atom. The molecule has 0 spiro atoms. The van der Waals surface area contributed by atoms with E-state index in [0.717, 1.165) is 31.2 Å². The maximum Gasteiger partial charge on any atom is 0.238 e. The number of nitrogens with zero attached hydrogens (tertiary/aromatic N) is 5. The van der Waals surface area contributed by atoms with Crippen LogP contribution in [-0.2, 0) is 16.4 Å². The van der Waals surface area contributed by atoms with Gasteiger partial charge >= 0.3 is 0 Å². The van der Waals surface area contributed by atoms with Crippen molar-refractivity contribution in [2.24, 2.45) is 5.14 Å². The fraction of sp³-hybridized carbons (Fsp3) is 0.368. The number of anilines is 1. The minimum Gasteiger partial charge on any atom is -0.390 e. The summed E-state index contributed by atoms with van der Waals surface area (Å²) < 4.78 is 25.2. The van der Waals surface area contributed by atoms with Gasteiger partial charge in [0.15, 0.2) is 11.6 Å². The van der Waals surface area contributed by atoms with E-state index in [0.29, 0.717) is 24.1 Å². The second-order valence-corrected chi connectivity index (χ2v) is 9.16. The van der Waals surface area contributed by atoms with E-state index in [1.165, 1.54) is 35.7 Å². The second-order valence-electron chi connectivity index (χ2n) is 7.60. The number of primary sulfonamides is 1. The van der Waals surface area contributed by atoms with Crippen molar-refractivity contribution in [1.82, 2.24) is 24.7 Å². The van der Waals surface area contributed by atoms with Gasteiger partial charge < -0.3 is 10.8 Å². The highest BCUT2D eigenvalue weighted by Gasteiger charge is 2.31. The molecule has 0 saturated heterocycles. The number of nitrogens with two attached hydrogens (primary N) is 2. The third kappa shape index (κ3) is 4.18. The van der Waals surface area contributed by atoms with Gasteiger partial charge in [-0.15, -0.1) is 0 Å². The zero-order valence-electron chi connectivity index (χ0n) is 16.3. The monoisotopic (exact) mass is 429 g/mol. The molecule has 0 aliphatic heterocycles. The van der Waals surface area contributed by atoms with Crippen LogP contribution in [0.5, 0.6) is 0 Å². The molecular weight excluding hydrogens is 406 g/mol. The quantitative estimate of drug-likeness (QED) is 0.526. The largest absolute Gasteiger partial charge is 0.390 e. The van der Waals surface area contributed by atoms with Gasteiger partial charge in [-0.1, -0.05) is 18.9 Å². The predicted molar refractivity (Wildman–Crippen MR) is 110 cm³/mol. The third-order valence-electron chi connectivity index (χ3n) is 5.50. The van der Waals surface area contributed by atoms with Crippen LogP contribution in [0, 0.1) is 0 Å². The molecule has 2 heterocycles. The number of hydrogen-bond donors (Lipinski definition) is 3. The number of aliphatic hydroxyl groups is 1. The van der Waals surface area contributed by atoms with Crippen LogP contribution in [0.15, 0.2) is 41.9 Å². The van der Waals surface area contributed by atoms with Gasteiger partial charge in [-0.05, 0) is 43.4 Å². The summed E-state index contributed by atoms with van der Waals surface area (Å²) >= 11 is 0. The normalized spacial score (nSPS) is 16.1. The fourth-order valence-corrected chi connectivity index (χ4v) is 4.38. The van der Waals surface area contributed by atoms with E-state index in [-0.39, 0.29) is 16.5 Å². The zero-order valence-corrected chi connectivity index (χ0v) is 17.1. The smallest absolute Gasteiger partial charge is 0.238 e. The highest BCUT2D eigenvalue weighted by Crippen LogP contribution is 2.35. The Hall–Kier alpha value is -2.89. The van der Waals surface area contributed by atoms with Crippen LogP contribution in [0.1, 0.15) is 37.7 Å². The van der Waals surface area contributed by atoms with Crippen molar-refractivity contribution in [3.05, 3.63) is 42.6 Å². The van der Waals surface area contributed by atoms with E-state index in [2.05, 4.69) is 20.1 Å². The molecule has 5 N–H and O–H groups in total. The number of sulfonamides is 1. The summed E-state index contributed by atoms with van der Waals surface area (Å²) in [4.78, 5) is 12.6. The van der Waals surface area contributed by atoms with Gasteiger partial charge in [0.25, 0.3) is 0 Å². The van der Waals surface area contributed by atoms with Crippen molar-refractivity contribution >= 4 is 15.8 Å². The van der Waals surface area contributed by atoms with Crippen LogP contribution in [0.2, 0.25) is 0 Å². The molecule has 30 heavy (non-hydrogen) atoms. The molecule has 158 valence electrons. The van der Waals surface area contributed by atoms with Gasteiger partial charge in [0, 0.05) is 5.56 Å². The van der Waals surface area contributed by atoms with Crippen molar-refractivity contribution in [3.8, 4) is 17.1 Å². The standard InChI is InChI=1S/C19H23N7O3S/c20-17-18(26-12-22-11-24-26)25-16(10-23-17)15-9-14(30(21,28)29)4-3-13(15)5-8-19(27)6-1-2-7-19/h3-4,9-12,27H,1-2,5-8H2,(H2,20,23)(H2,21,28,29). The lowest BCUT2D eigenvalue weighted by Crippen LogP contribution is -2.24. The van der Waals surface area contributed by atoms with Gasteiger partial charge in [-0.25, -0.2) is 28.5 Å². The number of aryl methyl sites for hydroxylation is 1. The van der Waals surface area contributed by atoms with Crippen LogP contribution in [0.25, 0.3) is 17.1 Å². The molecule has 4 rings (SSSR count). The number of hydrogen-bond acceptors (Lipinski definition) is 8. The van der Waals surface area contributed by atoms with Crippen LogP contribution in [0.3, 0.4) is 0 Å². The first kappa shape index (κ1) is 20.4. The summed E-state index contributed by atoms with van der Waals surface area (Å²) in [5, 5.41) is 20.1. The maximum absolute atomic E-state index is 11.9. The molecule has 2 aromatic heterocycles. The summed E-state index contributed by atoms with van der Waals surface area (Å²) in [5.74, 6) is 0.444. The molecule has 0 bridgehead atoms. The van der Waals surface area contributed by atoms with E-state index in [9.17, 15) is 13.5 Å². The predicted octanol–water partition coefficient (Wildman–Crippen LogP) is 1.19. The Morgan fingerprint density at radius 2 is 2.00 bits per heavy atom. The number of rotatable bonds is 6. The summed E-state index contributed by atoms with van der Waals surface area (Å²) in [7, 11) is -3.90. The molecule has 1 fully saturated rings. The molecule has 1 aliphatic carbocycles. The lowest BCUT2D eigenvalue weighted by Gasteiger charge is -2.22. The van der Waals surface area contributed by atoms with Crippen molar-refractivity contribution < 1.29 is 13.5 Å². The van der Waals surface area contributed by atoms with Crippen LogP contribution in [-0.4, -0.2) is 43.9 Å². The van der Waals surface area contributed by atoms with Crippen molar-refractivity contribution in [1.29, 1.82) is 0 Å². The lowest BCUT2D eigenvalue weighted by molar-refractivity contribution is 0.0392. The Bertz CT molecular complexity index is 1160. The first-order valence-corrected chi connectivity index (χ1v) is 11.2. The molecule has 3 aromatic rings. The number of benzene rings is 1. The third-order valence-corrected chi connectivity index (χ3v) is 6.41. The van der Waals surface area contributed by atoms with Gasteiger partial charge in [0.1, 0.15) is 12.7 Å². The average Bonchev–Trinajstić information content (AvgIpc) is 3.38. The average molecular weight is 430 g/mol. The highest BCUT2D eigenvalue weighted by atomic mass is 32.2. The summed E-state index contributed by atoms with van der Waals surface area (Å²) in [6, 6.07) is 4.66. The SMILES string of the molecule is Nc1ncc(-c2cc(S(N)(=O)=O)ccc2CCC2(O)CCCC2)nc1-n1cncn1. The van der Waals surface area contributed by atoms with E-state index in [4.69, 9.17) is 10.9 Å². The minimum atomic E-state index is -3.90. The minimum absolute atomic E-state index is 0.0261. The Morgan fingerprint density at radius 1 is 1.23 bits per heavy atom. The van der Waals surface area contributed by atoms with Crippen molar-refractivity contribution in [2.75, 3.05) is 5.73 Å². The van der Waals surface area contributed by atoms with E-state index in [1.807, 2.05) is 0 Å². The first-order chi connectivity index (χ1) is 14.3. The molecule has 1 aliphatic rings. The lowest BCUT2D eigenvalue weighted by atomic mass is 9.91. The van der Waals surface area contributed by atoms with Crippen molar-refractivity contribution in [3.63, 3.8) is 0 Å². The second kappa shape index (κ2) is 7.74. The van der Waals surface area contributed by atoms with Crippen LogP contribution in [0.4, 0.5) is 5.82 Å². The first-order valence-electron chi connectivity index (χ1n) is 9.61. The molecule has 0 atom stereocenters. The summed E-state index contributed by atoms with van der Waals surface area (Å²) in [6.45, 7) is 0. The van der Waals surface area contributed by atoms with Crippen LogP contribution >= 0.6 is 0 Å². The van der Waals surface area contributed by atoms with E-state index in [1.54, 1.807) is 6.07 Å². The van der Waals surface area contributed by atoms with Gasteiger partial charge in [-0.2, -0.15) is 9.78 Å². The maximum atomic E-state index is 11.9. The van der Waals surface area contributed by atoms with Gasteiger partial charge in [-0.3, -0.25) is 0 Å². The Balaban J connectivity index is 1.77. The summed E-state index contributed by atoms with van der Waals surface area (Å²) in [6.07, 6.45) is 8.98. The van der Waals surface area contributed by atoms with Crippen molar-refractivity contribution in [2.45, 2.75) is 49.0 Å². The van der Waals surface area contributed by atoms with E-state index < -0.39 is 15.6 Å². The Kier molecular flexibility index (Phi) is 5.26. The molecule has 1 aromatic carbocycles. The summed E-state index contributed by atoms with van der Waals surface area (Å²) in [5.41, 5.74) is 7.09.